The minimum Gasteiger partial charge on any atom is -0.387 e. The lowest BCUT2D eigenvalue weighted by atomic mass is 10.4. The van der Waals surface area contributed by atoms with Crippen LogP contribution in [0.25, 0.3) is 0 Å². The van der Waals surface area contributed by atoms with Crippen LogP contribution in [0, 0.1) is 0 Å². The van der Waals surface area contributed by atoms with Crippen molar-refractivity contribution in [1.29, 1.82) is 0 Å². The van der Waals surface area contributed by atoms with E-state index in [0.29, 0.717) is 0 Å². The highest BCUT2D eigenvalue weighted by atomic mass is 16.6. The molecule has 2 rings (SSSR count). The zero-order valence-corrected chi connectivity index (χ0v) is 13.2. The normalized spacial score (nSPS) is 10.8. The summed E-state index contributed by atoms with van der Waals surface area (Å²) in [6.07, 6.45) is 7.77. The zero-order valence-electron chi connectivity index (χ0n) is 13.2. The maximum atomic E-state index is 9.92. The molecule has 0 radical (unpaired) electrons. The maximum Gasteiger partial charge on any atom is 0.338 e. The van der Waals surface area contributed by atoms with E-state index in [2.05, 4.69) is 32.1 Å². The Kier molecular flexibility index (Phi) is 18.0. The van der Waals surface area contributed by atoms with Crippen molar-refractivity contribution in [3.63, 3.8) is 0 Å². The Morgan fingerprint density at radius 2 is 1.14 bits per heavy atom. The van der Waals surface area contributed by atoms with Crippen LogP contribution in [0.5, 0.6) is 0 Å². The smallest absolute Gasteiger partial charge is 0.338 e. The molecule has 0 fully saturated rings. The monoisotopic (exact) mass is 290 g/mol. The fourth-order valence-corrected chi connectivity index (χ4v) is 0.688. The molecule has 0 amide bonds. The second-order valence-electron chi connectivity index (χ2n) is 3.93. The molecule has 0 aliphatic carbocycles. The maximum absolute atomic E-state index is 9.92. The molecule has 116 valence electrons. The van der Waals surface area contributed by atoms with Crippen molar-refractivity contribution in [3.05, 3.63) is 61.2 Å². The van der Waals surface area contributed by atoms with E-state index < -0.39 is 11.9 Å². The van der Waals surface area contributed by atoms with Gasteiger partial charge in [-0.15, -0.1) is 6.58 Å². The number of allylic oxidation sites excluding steroid dienone is 1. The van der Waals surface area contributed by atoms with E-state index in [-0.39, 0.29) is 0 Å². The Labute approximate surface area is 128 Å². The molecule has 0 saturated carbocycles. The van der Waals surface area contributed by atoms with Crippen LogP contribution in [0.2, 0.25) is 0 Å². The minimum atomic E-state index is -0.579. The summed E-state index contributed by atoms with van der Waals surface area (Å²) < 4.78 is 3.97. The van der Waals surface area contributed by atoms with E-state index in [1.807, 2.05) is 42.5 Å². The van der Waals surface area contributed by atoms with Crippen molar-refractivity contribution in [2.24, 2.45) is 0 Å². The predicted octanol–water partition coefficient (Wildman–Crippen LogP) is 4.70. The summed E-state index contributed by atoms with van der Waals surface area (Å²) in [7, 11) is 0. The molecule has 0 saturated heterocycles. The SMILES string of the molecule is C=CCC.CCCC.O=C1C=CC(=O)O1.c1ccccc1. The van der Waals surface area contributed by atoms with Gasteiger partial charge in [0.2, 0.25) is 0 Å². The number of carbonyl (C=O) groups is 2. The lowest BCUT2D eigenvalue weighted by Gasteiger charge is -1.80. The van der Waals surface area contributed by atoms with Gasteiger partial charge in [-0.05, 0) is 6.42 Å². The first kappa shape index (κ1) is 21.1. The largest absolute Gasteiger partial charge is 0.387 e. The van der Waals surface area contributed by atoms with E-state index in [1.54, 1.807) is 0 Å². The standard InChI is InChI=1S/C6H6.C4H2O3.C4H10.C4H8/c1-2-4-6-5-3-1;5-3-1-2-4(6)7-3;2*1-3-4-2/h1-6H;1-2H;3-4H2,1-2H3;3H,1,4H2,2H3. The zero-order chi connectivity index (χ0) is 16.3. The van der Waals surface area contributed by atoms with Crippen molar-refractivity contribution in [2.75, 3.05) is 0 Å². The number of hydrogen-bond donors (Lipinski definition) is 0. The number of esters is 2. The van der Waals surface area contributed by atoms with Gasteiger partial charge in [-0.25, -0.2) is 9.59 Å². The predicted molar refractivity (Wildman–Crippen MR) is 87.8 cm³/mol. The van der Waals surface area contributed by atoms with E-state index in [9.17, 15) is 9.59 Å². The molecule has 0 N–H and O–H groups in total. The van der Waals surface area contributed by atoms with E-state index >= 15 is 0 Å². The third-order valence-corrected chi connectivity index (χ3v) is 2.01. The van der Waals surface area contributed by atoms with Crippen LogP contribution in [-0.2, 0) is 14.3 Å². The number of rotatable bonds is 2. The molecule has 1 heterocycles. The lowest BCUT2D eigenvalue weighted by molar-refractivity contribution is -0.150. The van der Waals surface area contributed by atoms with Crippen LogP contribution in [0.3, 0.4) is 0 Å². The van der Waals surface area contributed by atoms with Gasteiger partial charge in [-0.2, -0.15) is 0 Å². The summed E-state index contributed by atoms with van der Waals surface area (Å²) >= 11 is 0. The lowest BCUT2D eigenvalue weighted by Crippen LogP contribution is -1.96. The quantitative estimate of drug-likeness (QED) is 0.450. The summed E-state index contributed by atoms with van der Waals surface area (Å²) in [4.78, 5) is 19.8. The molecule has 0 aromatic heterocycles. The average molecular weight is 290 g/mol. The van der Waals surface area contributed by atoms with Crippen molar-refractivity contribution in [1.82, 2.24) is 0 Å². The van der Waals surface area contributed by atoms with Crippen LogP contribution in [0.4, 0.5) is 0 Å². The highest BCUT2D eigenvalue weighted by Crippen LogP contribution is 1.92. The molecular formula is C18H26O3. The van der Waals surface area contributed by atoms with Crippen molar-refractivity contribution >= 4 is 11.9 Å². The molecule has 0 spiro atoms. The van der Waals surface area contributed by atoms with Crippen LogP contribution < -0.4 is 0 Å². The van der Waals surface area contributed by atoms with Gasteiger partial charge in [0, 0.05) is 12.2 Å². The second-order valence-corrected chi connectivity index (χ2v) is 3.93. The van der Waals surface area contributed by atoms with E-state index in [4.69, 9.17) is 0 Å². The van der Waals surface area contributed by atoms with Crippen molar-refractivity contribution < 1.29 is 14.3 Å². The summed E-state index contributed by atoms with van der Waals surface area (Å²) in [5.74, 6) is -1.16. The Balaban J connectivity index is 0. The van der Waals surface area contributed by atoms with Crippen molar-refractivity contribution in [3.8, 4) is 0 Å². The Morgan fingerprint density at radius 1 is 0.857 bits per heavy atom. The molecule has 0 unspecified atom stereocenters. The number of ether oxygens (including phenoxy) is 1. The van der Waals surface area contributed by atoms with E-state index in [1.165, 1.54) is 12.8 Å². The third-order valence-electron chi connectivity index (χ3n) is 2.01. The summed E-state index contributed by atoms with van der Waals surface area (Å²) in [5.41, 5.74) is 0. The van der Waals surface area contributed by atoms with Gasteiger partial charge in [-0.3, -0.25) is 0 Å². The van der Waals surface area contributed by atoms with Crippen LogP contribution in [-0.4, -0.2) is 11.9 Å². The fraction of sp³-hybridized carbons (Fsp3) is 0.333. The van der Waals surface area contributed by atoms with Crippen LogP contribution >= 0.6 is 0 Å². The molecule has 3 heteroatoms. The summed E-state index contributed by atoms with van der Waals surface area (Å²) in [6, 6.07) is 12.0. The molecular weight excluding hydrogens is 264 g/mol. The molecule has 1 aliphatic rings. The fourth-order valence-electron chi connectivity index (χ4n) is 0.688. The second kappa shape index (κ2) is 17.8. The molecule has 1 aliphatic heterocycles. The van der Waals surface area contributed by atoms with Gasteiger partial charge < -0.3 is 4.74 Å². The van der Waals surface area contributed by atoms with Gasteiger partial charge >= 0.3 is 11.9 Å². The highest BCUT2D eigenvalue weighted by Gasteiger charge is 2.10. The van der Waals surface area contributed by atoms with Gasteiger partial charge in [-0.1, -0.05) is 76.1 Å². The minimum absolute atomic E-state index is 0.579. The topological polar surface area (TPSA) is 43.4 Å². The first-order valence-electron chi connectivity index (χ1n) is 7.16. The van der Waals surface area contributed by atoms with E-state index in [0.717, 1.165) is 18.6 Å². The van der Waals surface area contributed by atoms with Crippen LogP contribution in [0.15, 0.2) is 61.2 Å². The molecule has 1 aromatic carbocycles. The number of carbonyl (C=O) groups excluding carboxylic acids is 2. The first-order chi connectivity index (χ1) is 10.1. The molecule has 21 heavy (non-hydrogen) atoms. The highest BCUT2D eigenvalue weighted by molar-refractivity contribution is 6.04. The Hall–Kier alpha value is -2.16. The average Bonchev–Trinajstić information content (AvgIpc) is 2.93. The van der Waals surface area contributed by atoms with Gasteiger partial charge in [0.05, 0.1) is 0 Å². The number of hydrogen-bond acceptors (Lipinski definition) is 3. The Bertz CT molecular complexity index is 349. The molecule has 3 nitrogen and oxygen atoms in total. The number of benzene rings is 1. The van der Waals surface area contributed by atoms with Crippen molar-refractivity contribution in [2.45, 2.75) is 40.0 Å². The van der Waals surface area contributed by atoms with Gasteiger partial charge in [0.1, 0.15) is 0 Å². The molecule has 0 bridgehead atoms. The number of unbranched alkanes of at least 4 members (excludes halogenated alkanes) is 1. The molecule has 1 aromatic rings. The van der Waals surface area contributed by atoms with Gasteiger partial charge in [0.15, 0.2) is 0 Å². The van der Waals surface area contributed by atoms with Crippen LogP contribution in [0.1, 0.15) is 40.0 Å². The van der Waals surface area contributed by atoms with Gasteiger partial charge in [0.25, 0.3) is 0 Å². The number of cyclic esters (lactones) is 2. The molecule has 0 atom stereocenters. The Morgan fingerprint density at radius 3 is 1.24 bits per heavy atom. The summed E-state index contributed by atoms with van der Waals surface area (Å²) in [6.45, 7) is 9.90. The first-order valence-corrected chi connectivity index (χ1v) is 7.16. The third kappa shape index (κ3) is 20.3. The summed E-state index contributed by atoms with van der Waals surface area (Å²) in [5, 5.41) is 0.